The lowest BCUT2D eigenvalue weighted by atomic mass is 10.0. The second-order valence-corrected chi connectivity index (χ2v) is 9.62. The van der Waals surface area contributed by atoms with E-state index >= 15 is 0 Å². The first-order chi connectivity index (χ1) is 17.9. The Morgan fingerprint density at radius 1 is 1.08 bits per heavy atom. The average molecular weight is 519 g/mol. The van der Waals surface area contributed by atoms with Gasteiger partial charge in [0.1, 0.15) is 17.1 Å². The number of ether oxygens (including phenoxy) is 2. The Labute approximate surface area is 219 Å². The highest BCUT2D eigenvalue weighted by molar-refractivity contribution is 7.18. The molecule has 0 fully saturated rings. The van der Waals surface area contributed by atoms with Gasteiger partial charge in [0.25, 0.3) is 11.5 Å². The largest absolute Gasteiger partial charge is 0.497 e. The second kappa shape index (κ2) is 11.7. The van der Waals surface area contributed by atoms with Gasteiger partial charge in [-0.15, -0.1) is 0 Å². The Morgan fingerprint density at radius 3 is 2.41 bits per heavy atom. The number of unbranched alkanes of at least 4 members (excludes halogenated alkanes) is 1. The summed E-state index contributed by atoms with van der Waals surface area (Å²) in [7, 11) is 5.37. The predicted molar refractivity (Wildman–Crippen MR) is 149 cm³/mol. The first-order valence-corrected chi connectivity index (χ1v) is 12.8. The van der Waals surface area contributed by atoms with Gasteiger partial charge in [-0.1, -0.05) is 24.7 Å². The number of H-pyrrole nitrogens is 1. The molecular weight excluding hydrogens is 488 g/mol. The number of rotatable bonds is 10. The number of benzene rings is 2. The molecule has 2 N–H and O–H groups in total. The Hall–Kier alpha value is -4.11. The highest BCUT2D eigenvalue weighted by atomic mass is 32.1. The van der Waals surface area contributed by atoms with Crippen LogP contribution >= 0.6 is 11.3 Å². The van der Waals surface area contributed by atoms with Crippen LogP contribution in [0, 0.1) is 0 Å². The molecule has 9 heteroatoms. The summed E-state index contributed by atoms with van der Waals surface area (Å²) in [5, 5.41) is 3.59. The number of hydrogen-bond acceptors (Lipinski definition) is 7. The van der Waals surface area contributed by atoms with Crippen molar-refractivity contribution in [3.05, 3.63) is 76.7 Å². The minimum atomic E-state index is -0.507. The van der Waals surface area contributed by atoms with Gasteiger partial charge in [0.2, 0.25) is 0 Å². The number of thiazole rings is 1. The minimum absolute atomic E-state index is 0.0213. The predicted octanol–water partition coefficient (Wildman–Crippen LogP) is 5.67. The van der Waals surface area contributed by atoms with E-state index in [-0.39, 0.29) is 5.56 Å². The molecule has 4 rings (SSSR count). The molecule has 0 saturated carbocycles. The van der Waals surface area contributed by atoms with Crippen molar-refractivity contribution in [3.63, 3.8) is 0 Å². The van der Waals surface area contributed by atoms with Gasteiger partial charge < -0.3 is 24.7 Å². The van der Waals surface area contributed by atoms with E-state index in [4.69, 9.17) is 9.47 Å². The zero-order valence-corrected chi connectivity index (χ0v) is 22.1. The maximum Gasteiger partial charge on any atom is 0.261 e. The first-order valence-electron chi connectivity index (χ1n) is 12.0. The molecular formula is C28H30N4O4S. The molecule has 192 valence electrons. The fourth-order valence-corrected chi connectivity index (χ4v) is 4.53. The van der Waals surface area contributed by atoms with Crippen LogP contribution in [-0.4, -0.2) is 43.7 Å². The fraction of sp³-hybridized carbons (Fsp3) is 0.250. The van der Waals surface area contributed by atoms with E-state index in [2.05, 4.69) is 22.2 Å². The first kappa shape index (κ1) is 26.0. The molecule has 0 atom stereocenters. The highest BCUT2D eigenvalue weighted by Gasteiger charge is 2.21. The number of methoxy groups -OCH3 is 1. The van der Waals surface area contributed by atoms with Crippen LogP contribution in [0.2, 0.25) is 0 Å². The lowest BCUT2D eigenvalue weighted by molar-refractivity contribution is 0.102. The number of hydrogen-bond donors (Lipinski definition) is 2. The third kappa shape index (κ3) is 6.18. The Balaban J connectivity index is 1.72. The van der Waals surface area contributed by atoms with Gasteiger partial charge in [0.05, 0.1) is 18.6 Å². The number of aromatic amines is 1. The third-order valence-corrected chi connectivity index (χ3v) is 6.88. The Bertz CT molecular complexity index is 1410. The van der Waals surface area contributed by atoms with Crippen molar-refractivity contribution in [2.24, 2.45) is 0 Å². The molecule has 0 radical (unpaired) electrons. The fourth-order valence-electron chi connectivity index (χ4n) is 3.66. The van der Waals surface area contributed by atoms with Crippen LogP contribution in [0.4, 0.5) is 10.8 Å². The van der Waals surface area contributed by atoms with E-state index in [1.165, 1.54) is 11.3 Å². The Morgan fingerprint density at radius 2 is 1.78 bits per heavy atom. The topological polar surface area (TPSA) is 96.5 Å². The summed E-state index contributed by atoms with van der Waals surface area (Å²) in [6.45, 7) is 2.78. The maximum absolute atomic E-state index is 13.3. The van der Waals surface area contributed by atoms with Crippen LogP contribution in [0.1, 0.15) is 30.1 Å². The number of pyridine rings is 1. The van der Waals surface area contributed by atoms with E-state index in [1.807, 2.05) is 49.3 Å². The average Bonchev–Trinajstić information content (AvgIpc) is 3.40. The molecule has 2 heterocycles. The molecule has 4 aromatic rings. The van der Waals surface area contributed by atoms with Crippen molar-refractivity contribution < 1.29 is 14.3 Å². The number of carbonyl (C=O) groups excluding carboxylic acids is 1. The summed E-state index contributed by atoms with van der Waals surface area (Å²) in [5.74, 6) is 0.935. The van der Waals surface area contributed by atoms with Crippen molar-refractivity contribution >= 4 is 28.1 Å². The van der Waals surface area contributed by atoms with Crippen LogP contribution in [0.5, 0.6) is 11.5 Å². The molecule has 1 amide bonds. The van der Waals surface area contributed by atoms with E-state index in [0.29, 0.717) is 29.3 Å². The summed E-state index contributed by atoms with van der Waals surface area (Å²) < 4.78 is 10.9. The quantitative estimate of drug-likeness (QED) is 0.263. The van der Waals surface area contributed by atoms with E-state index in [0.717, 1.165) is 34.2 Å². The molecule has 8 nitrogen and oxygen atoms in total. The lowest BCUT2D eigenvalue weighted by Crippen LogP contribution is -2.24. The Kier molecular flexibility index (Phi) is 8.25. The number of anilines is 2. The number of carbonyl (C=O) groups is 1. The van der Waals surface area contributed by atoms with Crippen LogP contribution in [0.15, 0.2) is 65.6 Å². The number of nitrogens with zero attached hydrogens (tertiary/aromatic N) is 2. The standard InChI is InChI=1S/C28H30N4O4S/c1-5-6-15-36-21-11-7-18(8-12-21)23-16-22(24-17-29-28(37-24)32(2)3)25(27(34)31-23)26(33)30-19-9-13-20(35-4)14-10-19/h7-14,16-17H,5-6,15H2,1-4H3,(H,30,33)(H,31,34). The van der Waals surface area contributed by atoms with Crippen LogP contribution in [-0.2, 0) is 0 Å². The maximum atomic E-state index is 13.3. The molecule has 0 aliphatic carbocycles. The van der Waals surface area contributed by atoms with Crippen LogP contribution < -0.4 is 25.2 Å². The van der Waals surface area contributed by atoms with Gasteiger partial charge in [0, 0.05) is 37.2 Å². The molecule has 0 spiro atoms. The molecule has 0 unspecified atom stereocenters. The van der Waals surface area contributed by atoms with Crippen molar-refractivity contribution in [3.8, 4) is 33.2 Å². The zero-order valence-electron chi connectivity index (χ0n) is 21.3. The summed E-state index contributed by atoms with van der Waals surface area (Å²) in [6.07, 6.45) is 3.74. The summed E-state index contributed by atoms with van der Waals surface area (Å²) in [6, 6.07) is 16.3. The zero-order chi connectivity index (χ0) is 26.4. The van der Waals surface area contributed by atoms with Gasteiger partial charge >= 0.3 is 0 Å². The molecule has 2 aromatic heterocycles. The van der Waals surface area contributed by atoms with Crippen molar-refractivity contribution in [2.45, 2.75) is 19.8 Å². The van der Waals surface area contributed by atoms with Crippen molar-refractivity contribution in [1.82, 2.24) is 9.97 Å². The summed E-state index contributed by atoms with van der Waals surface area (Å²) in [4.78, 5) is 36.6. The van der Waals surface area contributed by atoms with Crippen LogP contribution in [0.25, 0.3) is 21.7 Å². The van der Waals surface area contributed by atoms with E-state index < -0.39 is 11.5 Å². The molecule has 0 saturated heterocycles. The highest BCUT2D eigenvalue weighted by Crippen LogP contribution is 2.34. The molecule has 0 aliphatic heterocycles. The number of amides is 1. The molecule has 0 bridgehead atoms. The van der Waals surface area contributed by atoms with Gasteiger partial charge in [-0.2, -0.15) is 0 Å². The second-order valence-electron chi connectivity index (χ2n) is 8.61. The third-order valence-electron chi connectivity index (χ3n) is 5.68. The van der Waals surface area contributed by atoms with Gasteiger partial charge in [-0.05, 0) is 66.6 Å². The van der Waals surface area contributed by atoms with Crippen molar-refractivity contribution in [2.75, 3.05) is 38.0 Å². The summed E-state index contributed by atoms with van der Waals surface area (Å²) in [5.41, 5.74) is 2.01. The lowest BCUT2D eigenvalue weighted by Gasteiger charge is -2.12. The van der Waals surface area contributed by atoms with Gasteiger partial charge in [-0.3, -0.25) is 9.59 Å². The minimum Gasteiger partial charge on any atom is -0.497 e. The van der Waals surface area contributed by atoms with Gasteiger partial charge in [0.15, 0.2) is 5.13 Å². The SMILES string of the molecule is CCCCOc1ccc(-c2cc(-c3cnc(N(C)C)s3)c(C(=O)Nc3ccc(OC)cc3)c(=O)[nH]2)cc1. The van der Waals surface area contributed by atoms with E-state index in [1.54, 1.807) is 37.6 Å². The molecule has 0 aliphatic rings. The molecule has 37 heavy (non-hydrogen) atoms. The molecule has 2 aromatic carbocycles. The van der Waals surface area contributed by atoms with Crippen LogP contribution in [0.3, 0.4) is 0 Å². The van der Waals surface area contributed by atoms with E-state index in [9.17, 15) is 9.59 Å². The van der Waals surface area contributed by atoms with Gasteiger partial charge in [-0.25, -0.2) is 4.98 Å². The number of aromatic nitrogens is 2. The smallest absolute Gasteiger partial charge is 0.261 e. The van der Waals surface area contributed by atoms with Crippen molar-refractivity contribution in [1.29, 1.82) is 0 Å². The number of nitrogens with one attached hydrogen (secondary N) is 2. The normalized spacial score (nSPS) is 10.7. The summed E-state index contributed by atoms with van der Waals surface area (Å²) >= 11 is 1.41. The monoisotopic (exact) mass is 518 g/mol.